The molecule has 0 saturated carbocycles. The van der Waals surface area contributed by atoms with Gasteiger partial charge >= 0.3 is 5.97 Å². The summed E-state index contributed by atoms with van der Waals surface area (Å²) in [7, 11) is 0. The van der Waals surface area contributed by atoms with Gasteiger partial charge in [-0.2, -0.15) is 0 Å². The highest BCUT2D eigenvalue weighted by Gasteiger charge is 2.29. The summed E-state index contributed by atoms with van der Waals surface area (Å²) in [4.78, 5) is 36.8. The molecule has 0 unspecified atom stereocenters. The van der Waals surface area contributed by atoms with Gasteiger partial charge in [-0.3, -0.25) is 9.59 Å². The third-order valence-electron chi connectivity index (χ3n) is 7.92. The molecule has 0 amide bonds. The number of Topliss-reactive ketones (excluding diaryl/α,β-unsaturated/α-hetero) is 2. The molecule has 8 nitrogen and oxygen atoms in total. The molecule has 242 valence electrons. The molecule has 0 fully saturated rings. The van der Waals surface area contributed by atoms with Crippen LogP contribution in [0.25, 0.3) is 0 Å². The van der Waals surface area contributed by atoms with E-state index in [1.165, 1.54) is 33.1 Å². The van der Waals surface area contributed by atoms with E-state index in [1.54, 1.807) is 18.2 Å². The molecule has 8 heteroatoms. The van der Waals surface area contributed by atoms with Gasteiger partial charge in [-0.05, 0) is 82.6 Å². The van der Waals surface area contributed by atoms with Crippen molar-refractivity contribution < 1.29 is 38.4 Å². The minimum absolute atomic E-state index is 0.0110. The first-order valence-electron chi connectivity index (χ1n) is 16.4. The standard InChI is InChI=1S/C36H50O8/c1-5-7-8-9-10-12-22-43-36(40)32-18-16-27-23-30(26(4)38)34(24-33(27)44-32)42-21-14-11-13-20-41-31-19-17-28(25(3)37)35(39)29(31)15-6-2/h17,19,23-24,32,39H,5-16,18,20-22H2,1-4H3/t32-/m0/s1. The van der Waals surface area contributed by atoms with Gasteiger partial charge in [0.2, 0.25) is 0 Å². The minimum atomic E-state index is -0.656. The largest absolute Gasteiger partial charge is 0.507 e. The van der Waals surface area contributed by atoms with Crippen molar-refractivity contribution in [1.29, 1.82) is 0 Å². The third kappa shape index (κ3) is 10.3. The molecule has 1 aliphatic rings. The van der Waals surface area contributed by atoms with Gasteiger partial charge in [-0.1, -0.05) is 52.4 Å². The van der Waals surface area contributed by atoms with Crippen molar-refractivity contribution in [2.75, 3.05) is 19.8 Å². The lowest BCUT2D eigenvalue weighted by Crippen LogP contribution is -2.33. The average Bonchev–Trinajstić information content (AvgIpc) is 3.00. The molecular formula is C36H50O8. The first-order valence-corrected chi connectivity index (χ1v) is 16.4. The highest BCUT2D eigenvalue weighted by atomic mass is 16.6. The molecule has 0 spiro atoms. The molecule has 2 aromatic carbocycles. The highest BCUT2D eigenvalue weighted by Crippen LogP contribution is 2.36. The molecule has 1 atom stereocenters. The zero-order valence-electron chi connectivity index (χ0n) is 27.0. The van der Waals surface area contributed by atoms with Crippen LogP contribution in [0.1, 0.15) is 130 Å². The maximum atomic E-state index is 12.6. The van der Waals surface area contributed by atoms with Gasteiger partial charge in [0.05, 0.1) is 30.9 Å². The molecule has 2 aromatic rings. The number of phenols is 1. The lowest BCUT2D eigenvalue weighted by Gasteiger charge is -2.26. The molecule has 0 saturated heterocycles. The summed E-state index contributed by atoms with van der Waals surface area (Å²) >= 11 is 0. The van der Waals surface area contributed by atoms with Crippen molar-refractivity contribution in [2.24, 2.45) is 0 Å². The van der Waals surface area contributed by atoms with E-state index in [9.17, 15) is 19.5 Å². The van der Waals surface area contributed by atoms with Crippen molar-refractivity contribution in [3.8, 4) is 23.0 Å². The maximum absolute atomic E-state index is 12.6. The predicted octanol–water partition coefficient (Wildman–Crippen LogP) is 7.98. The summed E-state index contributed by atoms with van der Waals surface area (Å²) in [5.74, 6) is 1.04. The Kier molecular flexibility index (Phi) is 14.5. The molecule has 44 heavy (non-hydrogen) atoms. The fraction of sp³-hybridized carbons (Fsp3) is 0.583. The number of carbonyl (C=O) groups is 3. The van der Waals surface area contributed by atoms with Crippen molar-refractivity contribution in [3.05, 3.63) is 46.5 Å². The van der Waals surface area contributed by atoms with Crippen LogP contribution in [0.4, 0.5) is 0 Å². The maximum Gasteiger partial charge on any atom is 0.347 e. The van der Waals surface area contributed by atoms with Crippen molar-refractivity contribution in [2.45, 2.75) is 117 Å². The van der Waals surface area contributed by atoms with Crippen molar-refractivity contribution >= 4 is 17.5 Å². The smallest absolute Gasteiger partial charge is 0.347 e. The second kappa shape index (κ2) is 18.3. The number of rotatable bonds is 20. The number of aryl methyl sites for hydroxylation is 1. The van der Waals surface area contributed by atoms with Crippen LogP contribution in [0.3, 0.4) is 0 Å². The molecule has 1 heterocycles. The third-order valence-corrected chi connectivity index (χ3v) is 7.92. The summed E-state index contributed by atoms with van der Waals surface area (Å²) in [5.41, 5.74) is 2.39. The molecule has 0 aliphatic carbocycles. The van der Waals surface area contributed by atoms with E-state index in [2.05, 4.69) is 6.92 Å². The molecule has 0 radical (unpaired) electrons. The predicted molar refractivity (Wildman–Crippen MR) is 170 cm³/mol. The van der Waals surface area contributed by atoms with E-state index < -0.39 is 6.10 Å². The normalized spacial score (nSPS) is 14.0. The Bertz CT molecular complexity index is 1250. The van der Waals surface area contributed by atoms with Crippen LogP contribution in [0.15, 0.2) is 24.3 Å². The van der Waals surface area contributed by atoms with Crippen LogP contribution in [0, 0.1) is 0 Å². The van der Waals surface area contributed by atoms with E-state index >= 15 is 0 Å². The Morgan fingerprint density at radius 2 is 1.43 bits per heavy atom. The van der Waals surface area contributed by atoms with Crippen molar-refractivity contribution in [3.63, 3.8) is 0 Å². The fourth-order valence-electron chi connectivity index (χ4n) is 5.39. The number of aromatic hydroxyl groups is 1. The molecule has 0 aromatic heterocycles. The molecule has 3 rings (SSSR count). The van der Waals surface area contributed by atoms with Crippen LogP contribution in [-0.4, -0.2) is 48.6 Å². The molecule has 1 N–H and O–H groups in total. The van der Waals surface area contributed by atoms with Crippen LogP contribution in [0.5, 0.6) is 23.0 Å². The zero-order chi connectivity index (χ0) is 31.9. The second-order valence-corrected chi connectivity index (χ2v) is 11.6. The molecule has 1 aliphatic heterocycles. The minimum Gasteiger partial charge on any atom is -0.507 e. The summed E-state index contributed by atoms with van der Waals surface area (Å²) in [6.45, 7) is 8.46. The molecule has 0 bridgehead atoms. The van der Waals surface area contributed by atoms with Gasteiger partial charge in [0.1, 0.15) is 23.0 Å². The number of esters is 1. The van der Waals surface area contributed by atoms with Crippen LogP contribution < -0.4 is 14.2 Å². The van der Waals surface area contributed by atoms with Gasteiger partial charge in [0.25, 0.3) is 0 Å². The number of unbranched alkanes of at least 4 members (excludes halogenated alkanes) is 7. The Hall–Kier alpha value is -3.55. The lowest BCUT2D eigenvalue weighted by atomic mass is 9.98. The number of ether oxygens (including phenoxy) is 4. The average molecular weight is 611 g/mol. The number of benzene rings is 2. The number of carbonyl (C=O) groups excluding carboxylic acids is 3. The van der Waals surface area contributed by atoms with Crippen LogP contribution in [0.2, 0.25) is 0 Å². The Labute approximate surface area is 262 Å². The van der Waals surface area contributed by atoms with Gasteiger partial charge in [0, 0.05) is 11.6 Å². The zero-order valence-corrected chi connectivity index (χ0v) is 27.0. The van der Waals surface area contributed by atoms with E-state index in [0.717, 1.165) is 50.5 Å². The van der Waals surface area contributed by atoms with Gasteiger partial charge in [0.15, 0.2) is 17.7 Å². The highest BCUT2D eigenvalue weighted by molar-refractivity contribution is 5.98. The number of phenolic OH excluding ortho intramolecular Hbond substituents is 1. The Morgan fingerprint density at radius 3 is 2.11 bits per heavy atom. The first-order chi connectivity index (χ1) is 21.3. The van der Waals surface area contributed by atoms with E-state index in [-0.39, 0.29) is 23.3 Å². The van der Waals surface area contributed by atoms with Gasteiger partial charge < -0.3 is 24.1 Å². The summed E-state index contributed by atoms with van der Waals surface area (Å²) < 4.78 is 23.5. The molecular weight excluding hydrogens is 560 g/mol. The first kappa shape index (κ1) is 34.9. The number of hydrogen-bond donors (Lipinski definition) is 1. The summed E-state index contributed by atoms with van der Waals surface area (Å²) in [6.07, 6.45) is 11.1. The fourth-order valence-corrected chi connectivity index (χ4v) is 5.39. The summed E-state index contributed by atoms with van der Waals surface area (Å²) in [5, 5.41) is 10.5. The van der Waals surface area contributed by atoms with Gasteiger partial charge in [-0.15, -0.1) is 0 Å². The van der Waals surface area contributed by atoms with Crippen molar-refractivity contribution in [1.82, 2.24) is 0 Å². The van der Waals surface area contributed by atoms with Crippen LogP contribution in [-0.2, 0) is 22.4 Å². The topological polar surface area (TPSA) is 108 Å². The van der Waals surface area contributed by atoms with Gasteiger partial charge in [-0.25, -0.2) is 4.79 Å². The second-order valence-electron chi connectivity index (χ2n) is 11.6. The monoisotopic (exact) mass is 610 g/mol. The number of fused-ring (bicyclic) bond motifs is 1. The van der Waals surface area contributed by atoms with Crippen LogP contribution >= 0.6 is 0 Å². The Balaban J connectivity index is 1.46. The van der Waals surface area contributed by atoms with E-state index in [1.807, 2.05) is 13.0 Å². The van der Waals surface area contributed by atoms with E-state index in [4.69, 9.17) is 18.9 Å². The quantitative estimate of drug-likeness (QED) is 0.0913. The van der Waals surface area contributed by atoms with E-state index in [0.29, 0.717) is 73.0 Å². The Morgan fingerprint density at radius 1 is 0.795 bits per heavy atom. The lowest BCUT2D eigenvalue weighted by molar-refractivity contribution is -0.152. The SMILES string of the molecule is CCCCCCCCOC(=O)[C@@H]1CCc2cc(C(C)=O)c(OCCCCCOc3ccc(C(C)=O)c(O)c3CCC)cc2O1. The summed E-state index contributed by atoms with van der Waals surface area (Å²) in [6, 6.07) is 6.91. The number of hydrogen-bond acceptors (Lipinski definition) is 8. The number of ketones is 2.